The van der Waals surface area contributed by atoms with Crippen LogP contribution in [0.5, 0.6) is 5.75 Å². The molecule has 1 atom stereocenters. The second-order valence-electron chi connectivity index (χ2n) is 4.79. The number of likely N-dealkylation sites (N-methyl/N-ethyl adjacent to an activating group) is 1. The second kappa shape index (κ2) is 6.39. The topological polar surface area (TPSA) is 50.4 Å². The Hall–Kier alpha value is -1.07. The van der Waals surface area contributed by atoms with Gasteiger partial charge in [-0.15, -0.1) is 0 Å². The van der Waals surface area contributed by atoms with Crippen LogP contribution in [-0.4, -0.2) is 25.1 Å². The fraction of sp³-hybridized carbons (Fsp3) is 0.500. The number of ether oxygens (including phenoxy) is 1. The maximum atomic E-state index is 11.4. The van der Waals surface area contributed by atoms with E-state index >= 15 is 0 Å². The molecule has 0 aliphatic heterocycles. The van der Waals surface area contributed by atoms with Gasteiger partial charge in [0.25, 0.3) is 5.91 Å². The number of rotatable bonds is 6. The molecule has 2 rings (SSSR count). The molecule has 0 saturated heterocycles. The predicted molar refractivity (Wildman–Crippen MR) is 78.2 cm³/mol. The third-order valence-electron chi connectivity index (χ3n) is 3.09. The number of amides is 1. The third kappa shape index (κ3) is 4.21. The number of hydrogen-bond donors (Lipinski definition) is 2. The van der Waals surface area contributed by atoms with Gasteiger partial charge < -0.3 is 15.4 Å². The molecule has 0 radical (unpaired) electrons. The fourth-order valence-corrected chi connectivity index (χ4v) is 2.27. The Morgan fingerprint density at radius 3 is 2.84 bits per heavy atom. The van der Waals surface area contributed by atoms with Crippen LogP contribution in [0.1, 0.15) is 25.3 Å². The van der Waals surface area contributed by atoms with Gasteiger partial charge in [-0.2, -0.15) is 0 Å². The molecule has 0 bridgehead atoms. The predicted octanol–water partition coefficient (Wildman–Crippen LogP) is 2.21. The quantitative estimate of drug-likeness (QED) is 0.842. The van der Waals surface area contributed by atoms with Gasteiger partial charge in [0, 0.05) is 19.6 Å². The van der Waals surface area contributed by atoms with E-state index in [1.54, 1.807) is 14.0 Å². The molecule has 2 N–H and O–H groups in total. The molecule has 4 nitrogen and oxygen atoms in total. The van der Waals surface area contributed by atoms with Crippen LogP contribution in [0.2, 0.25) is 0 Å². The van der Waals surface area contributed by atoms with Crippen molar-refractivity contribution in [3.8, 4) is 5.75 Å². The van der Waals surface area contributed by atoms with Crippen molar-refractivity contribution in [2.45, 2.75) is 38.5 Å². The van der Waals surface area contributed by atoms with E-state index in [-0.39, 0.29) is 5.91 Å². The summed E-state index contributed by atoms with van der Waals surface area (Å²) in [5.74, 6) is 0.553. The normalized spacial score (nSPS) is 15.9. The first-order chi connectivity index (χ1) is 9.10. The van der Waals surface area contributed by atoms with Crippen molar-refractivity contribution in [1.29, 1.82) is 0 Å². The minimum Gasteiger partial charge on any atom is -0.480 e. The summed E-state index contributed by atoms with van der Waals surface area (Å²) in [6.45, 7) is 2.60. The average molecular weight is 327 g/mol. The lowest BCUT2D eigenvalue weighted by Crippen LogP contribution is -2.33. The number of benzene rings is 1. The maximum Gasteiger partial charge on any atom is 0.260 e. The van der Waals surface area contributed by atoms with Crippen LogP contribution >= 0.6 is 15.9 Å². The van der Waals surface area contributed by atoms with Crippen molar-refractivity contribution in [2.24, 2.45) is 0 Å². The molecule has 1 aromatic rings. The Bertz CT molecular complexity index is 461. The Labute approximate surface area is 122 Å². The summed E-state index contributed by atoms with van der Waals surface area (Å²) in [7, 11) is 1.60. The highest BCUT2D eigenvalue weighted by molar-refractivity contribution is 9.10. The molecule has 1 unspecified atom stereocenters. The molecular weight excluding hydrogens is 308 g/mol. The van der Waals surface area contributed by atoms with Crippen molar-refractivity contribution in [2.75, 3.05) is 7.05 Å². The Morgan fingerprint density at radius 1 is 1.53 bits per heavy atom. The van der Waals surface area contributed by atoms with Crippen LogP contribution in [-0.2, 0) is 11.3 Å². The molecule has 19 heavy (non-hydrogen) atoms. The molecule has 1 saturated carbocycles. The van der Waals surface area contributed by atoms with Gasteiger partial charge in [0.2, 0.25) is 0 Å². The van der Waals surface area contributed by atoms with Crippen LogP contribution in [0.25, 0.3) is 0 Å². The summed E-state index contributed by atoms with van der Waals surface area (Å²) in [6.07, 6.45) is 2.06. The lowest BCUT2D eigenvalue weighted by atomic mass is 10.2. The molecule has 1 aromatic carbocycles. The lowest BCUT2D eigenvalue weighted by molar-refractivity contribution is -0.126. The minimum absolute atomic E-state index is 0.133. The molecule has 0 spiro atoms. The first-order valence-electron chi connectivity index (χ1n) is 6.50. The van der Waals surface area contributed by atoms with E-state index < -0.39 is 6.10 Å². The summed E-state index contributed by atoms with van der Waals surface area (Å²) < 4.78 is 6.48. The van der Waals surface area contributed by atoms with Gasteiger partial charge in [-0.1, -0.05) is 6.07 Å². The van der Waals surface area contributed by atoms with Crippen LogP contribution in [0.15, 0.2) is 22.7 Å². The summed E-state index contributed by atoms with van der Waals surface area (Å²) in [4.78, 5) is 11.4. The first kappa shape index (κ1) is 14.3. The summed E-state index contributed by atoms with van der Waals surface area (Å²) in [6, 6.07) is 6.64. The van der Waals surface area contributed by atoms with Gasteiger partial charge in [-0.3, -0.25) is 4.79 Å². The van der Waals surface area contributed by atoms with Gasteiger partial charge in [0.05, 0.1) is 4.47 Å². The Balaban J connectivity index is 1.95. The summed E-state index contributed by atoms with van der Waals surface area (Å²) >= 11 is 3.48. The van der Waals surface area contributed by atoms with Crippen molar-refractivity contribution in [3.63, 3.8) is 0 Å². The SMILES string of the molecule is CNC(=O)C(C)Oc1ccc(CNC2CC2)cc1Br. The smallest absolute Gasteiger partial charge is 0.260 e. The standard InChI is InChI=1S/C14H19BrN2O2/c1-9(14(18)16-2)19-13-6-3-10(7-12(13)15)8-17-11-4-5-11/h3,6-7,9,11,17H,4-5,8H2,1-2H3,(H,16,18). The molecule has 1 aliphatic carbocycles. The number of carbonyl (C=O) groups is 1. The molecule has 0 heterocycles. The molecule has 1 fully saturated rings. The number of halogens is 1. The molecular formula is C14H19BrN2O2. The van der Waals surface area contributed by atoms with Crippen LogP contribution in [0.3, 0.4) is 0 Å². The summed E-state index contributed by atoms with van der Waals surface area (Å²) in [5.41, 5.74) is 1.21. The van der Waals surface area contributed by atoms with Crippen molar-refractivity contribution in [3.05, 3.63) is 28.2 Å². The van der Waals surface area contributed by atoms with Gasteiger partial charge in [0.15, 0.2) is 6.10 Å². The van der Waals surface area contributed by atoms with Crippen molar-refractivity contribution < 1.29 is 9.53 Å². The lowest BCUT2D eigenvalue weighted by Gasteiger charge is -2.15. The highest BCUT2D eigenvalue weighted by atomic mass is 79.9. The number of nitrogens with one attached hydrogen (secondary N) is 2. The van der Waals surface area contributed by atoms with Gasteiger partial charge in [-0.25, -0.2) is 0 Å². The average Bonchev–Trinajstić information content (AvgIpc) is 3.22. The first-order valence-corrected chi connectivity index (χ1v) is 7.29. The van der Waals surface area contributed by atoms with E-state index in [9.17, 15) is 4.79 Å². The summed E-state index contributed by atoms with van der Waals surface area (Å²) in [5, 5.41) is 6.03. The monoisotopic (exact) mass is 326 g/mol. The number of hydrogen-bond acceptors (Lipinski definition) is 3. The highest BCUT2D eigenvalue weighted by Crippen LogP contribution is 2.27. The highest BCUT2D eigenvalue weighted by Gasteiger charge is 2.20. The third-order valence-corrected chi connectivity index (χ3v) is 3.71. The molecule has 1 aliphatic rings. The number of carbonyl (C=O) groups excluding carboxylic acids is 1. The van der Waals surface area contributed by atoms with E-state index in [1.165, 1.54) is 18.4 Å². The van der Waals surface area contributed by atoms with E-state index in [2.05, 4.69) is 26.6 Å². The van der Waals surface area contributed by atoms with Gasteiger partial charge >= 0.3 is 0 Å². The van der Waals surface area contributed by atoms with E-state index in [0.717, 1.165) is 11.0 Å². The van der Waals surface area contributed by atoms with Crippen molar-refractivity contribution >= 4 is 21.8 Å². The van der Waals surface area contributed by atoms with E-state index in [1.807, 2.05) is 18.2 Å². The molecule has 104 valence electrons. The molecule has 1 amide bonds. The maximum absolute atomic E-state index is 11.4. The van der Waals surface area contributed by atoms with Crippen LogP contribution < -0.4 is 15.4 Å². The second-order valence-corrected chi connectivity index (χ2v) is 5.65. The molecule has 5 heteroatoms. The molecule has 0 aromatic heterocycles. The van der Waals surface area contributed by atoms with Gasteiger partial charge in [-0.05, 0) is 53.4 Å². The largest absolute Gasteiger partial charge is 0.480 e. The van der Waals surface area contributed by atoms with Gasteiger partial charge in [0.1, 0.15) is 5.75 Å². The zero-order chi connectivity index (χ0) is 13.8. The van der Waals surface area contributed by atoms with Crippen molar-refractivity contribution in [1.82, 2.24) is 10.6 Å². The minimum atomic E-state index is -0.503. The zero-order valence-electron chi connectivity index (χ0n) is 11.2. The Kier molecular flexibility index (Phi) is 4.82. The zero-order valence-corrected chi connectivity index (χ0v) is 12.8. The van der Waals surface area contributed by atoms with E-state index in [4.69, 9.17) is 4.74 Å². The van der Waals surface area contributed by atoms with E-state index in [0.29, 0.717) is 11.8 Å². The van der Waals surface area contributed by atoms with Crippen LogP contribution in [0, 0.1) is 0 Å². The Morgan fingerprint density at radius 2 is 2.26 bits per heavy atom. The fourth-order valence-electron chi connectivity index (χ4n) is 1.75. The van der Waals surface area contributed by atoms with Crippen LogP contribution in [0.4, 0.5) is 0 Å².